The highest BCUT2D eigenvalue weighted by atomic mass is 17.5. The largest absolute Gasteiger partial charge is 0.462 e. The lowest BCUT2D eigenvalue weighted by Crippen LogP contribution is -2.30. The lowest BCUT2D eigenvalue weighted by molar-refractivity contribution is -0.491. The average molecular weight is 298 g/mol. The average Bonchev–Trinajstić information content (AvgIpc) is 2.45. The molecule has 1 aromatic rings. The van der Waals surface area contributed by atoms with Gasteiger partial charge in [0.1, 0.15) is 24.2 Å². The zero-order chi connectivity index (χ0) is 15.7. The quantitative estimate of drug-likeness (QED) is 0.234. The lowest BCUT2D eigenvalue weighted by Gasteiger charge is -2.15. The molecule has 0 atom stereocenters. The number of Topliss-reactive ketones (excluding diaryl/α,β-unsaturated/α-hetero) is 1. The first-order chi connectivity index (χ1) is 9.95. The van der Waals surface area contributed by atoms with E-state index < -0.39 is 5.60 Å². The number of ether oxygens (including phenoxy) is 1. The van der Waals surface area contributed by atoms with Gasteiger partial charge in [0.2, 0.25) is 0 Å². The molecule has 0 radical (unpaired) electrons. The zero-order valence-electron chi connectivity index (χ0n) is 11.8. The van der Waals surface area contributed by atoms with Gasteiger partial charge in [-0.15, -0.1) is 0 Å². The molecule has 1 aromatic carbocycles. The number of carbonyl (C=O) groups excluding carboxylic acids is 1. The molecule has 0 amide bonds. The maximum Gasteiger partial charge on any atom is 0.193 e. The monoisotopic (exact) mass is 298 g/mol. The summed E-state index contributed by atoms with van der Waals surface area (Å²) in [5.41, 5.74) is -1.03. The Morgan fingerprint density at radius 1 is 1.24 bits per heavy atom. The number of aliphatic hydroxyl groups is 2. The minimum Gasteiger partial charge on any atom is -0.462 e. The molecule has 0 saturated carbocycles. The number of carbonyl (C=O) groups is 1. The summed E-state index contributed by atoms with van der Waals surface area (Å²) in [5, 5.41) is 22.2. The molecular formula is C14H18O7. The molecule has 0 aliphatic heterocycles. The van der Waals surface area contributed by atoms with Gasteiger partial charge in [-0.05, 0) is 43.2 Å². The van der Waals surface area contributed by atoms with Gasteiger partial charge in [0.15, 0.2) is 12.0 Å². The van der Waals surface area contributed by atoms with E-state index in [0.29, 0.717) is 11.3 Å². The second-order valence-electron chi connectivity index (χ2n) is 4.51. The van der Waals surface area contributed by atoms with Gasteiger partial charge in [0.25, 0.3) is 0 Å². The topological polar surface area (TPSA) is 94.5 Å². The third-order valence-electron chi connectivity index (χ3n) is 2.25. The van der Waals surface area contributed by atoms with Gasteiger partial charge < -0.3 is 19.8 Å². The van der Waals surface area contributed by atoms with Crippen LogP contribution in [0.15, 0.2) is 36.8 Å². The van der Waals surface area contributed by atoms with Crippen LogP contribution in [0.25, 0.3) is 0 Å². The van der Waals surface area contributed by atoms with Crippen LogP contribution in [0.2, 0.25) is 0 Å². The molecule has 0 unspecified atom stereocenters. The molecule has 0 spiro atoms. The van der Waals surface area contributed by atoms with Crippen molar-refractivity contribution in [2.24, 2.45) is 0 Å². The van der Waals surface area contributed by atoms with Gasteiger partial charge in [-0.3, -0.25) is 4.79 Å². The summed E-state index contributed by atoms with van der Waals surface area (Å²) in [7, 11) is 0. The van der Waals surface area contributed by atoms with E-state index in [1.165, 1.54) is 20.1 Å². The molecule has 0 bridgehead atoms. The third kappa shape index (κ3) is 6.37. The van der Waals surface area contributed by atoms with Gasteiger partial charge in [0.05, 0.1) is 6.61 Å². The van der Waals surface area contributed by atoms with Crippen LogP contribution in [0.3, 0.4) is 0 Å². The Kier molecular flexibility index (Phi) is 6.83. The highest BCUT2D eigenvalue weighted by Gasteiger charge is 2.24. The van der Waals surface area contributed by atoms with E-state index in [1.807, 2.05) is 0 Å². The maximum atomic E-state index is 11.8. The molecular weight excluding hydrogens is 280 g/mol. The number of aliphatic hydroxyl groups excluding tert-OH is 1. The predicted molar refractivity (Wildman–Crippen MR) is 72.0 cm³/mol. The number of hydrogen-bond acceptors (Lipinski definition) is 7. The number of rotatable bonds is 9. The smallest absolute Gasteiger partial charge is 0.193 e. The normalized spacial score (nSPS) is 11.6. The Balaban J connectivity index is 2.41. The Morgan fingerprint density at radius 2 is 1.90 bits per heavy atom. The van der Waals surface area contributed by atoms with Crippen LogP contribution in [0.4, 0.5) is 0 Å². The molecule has 7 nitrogen and oxygen atoms in total. The summed E-state index contributed by atoms with van der Waals surface area (Å²) in [6, 6.07) is 6.25. The van der Waals surface area contributed by atoms with E-state index in [1.54, 1.807) is 24.3 Å². The van der Waals surface area contributed by atoms with Crippen molar-refractivity contribution in [3.8, 4) is 5.75 Å². The van der Waals surface area contributed by atoms with Gasteiger partial charge >= 0.3 is 0 Å². The fourth-order valence-corrected chi connectivity index (χ4v) is 1.29. The third-order valence-corrected chi connectivity index (χ3v) is 2.25. The molecule has 0 fully saturated rings. The molecule has 116 valence electrons. The summed E-state index contributed by atoms with van der Waals surface area (Å²) in [6.07, 6.45) is 2.29. The first kappa shape index (κ1) is 17.1. The maximum absolute atomic E-state index is 11.8. The second-order valence-corrected chi connectivity index (χ2v) is 4.51. The molecule has 1 rings (SSSR count). The molecule has 7 heteroatoms. The van der Waals surface area contributed by atoms with Crippen LogP contribution in [0, 0.1) is 0 Å². The lowest BCUT2D eigenvalue weighted by atomic mass is 9.97. The van der Waals surface area contributed by atoms with Crippen molar-refractivity contribution < 1.29 is 34.6 Å². The Labute approximate surface area is 122 Å². The highest BCUT2D eigenvalue weighted by Crippen LogP contribution is 2.17. The standard InChI is InChI=1S/C14H18O7/c1-14(2,17)13(16)11-3-5-12(6-4-11)18-9-10-20-21-19-8-7-15/h3-6,9-10,15,17H,7-8H2,1-2H3/b10-9+. The van der Waals surface area contributed by atoms with Crippen molar-refractivity contribution >= 4 is 5.78 Å². The van der Waals surface area contributed by atoms with Crippen molar-refractivity contribution in [3.05, 3.63) is 42.4 Å². The molecule has 0 aliphatic rings. The fraction of sp³-hybridized carbons (Fsp3) is 0.357. The Morgan fingerprint density at radius 3 is 2.48 bits per heavy atom. The summed E-state index contributed by atoms with van der Waals surface area (Å²) < 4.78 is 5.17. The van der Waals surface area contributed by atoms with E-state index in [2.05, 4.69) is 14.8 Å². The summed E-state index contributed by atoms with van der Waals surface area (Å²) in [6.45, 7) is 2.67. The predicted octanol–water partition coefficient (Wildman–Crippen LogP) is 1.36. The molecule has 0 saturated heterocycles. The van der Waals surface area contributed by atoms with Gasteiger partial charge in [0, 0.05) is 5.56 Å². The van der Waals surface area contributed by atoms with Crippen molar-refractivity contribution in [2.75, 3.05) is 13.2 Å². The van der Waals surface area contributed by atoms with Crippen LogP contribution in [0.1, 0.15) is 24.2 Å². The van der Waals surface area contributed by atoms with Gasteiger partial charge in [-0.2, -0.15) is 4.89 Å². The second kappa shape index (κ2) is 8.38. The summed E-state index contributed by atoms with van der Waals surface area (Å²) in [5.74, 6) is 0.0979. The minimum absolute atomic E-state index is 0.00854. The number of hydrogen-bond donors (Lipinski definition) is 2. The Bertz CT molecular complexity index is 459. The van der Waals surface area contributed by atoms with Gasteiger partial charge in [-0.1, -0.05) is 0 Å². The molecule has 0 aliphatic carbocycles. The zero-order valence-corrected chi connectivity index (χ0v) is 11.8. The van der Waals surface area contributed by atoms with E-state index in [4.69, 9.17) is 9.84 Å². The van der Waals surface area contributed by atoms with E-state index in [0.717, 1.165) is 6.26 Å². The van der Waals surface area contributed by atoms with E-state index in [9.17, 15) is 9.90 Å². The number of ketones is 1. The van der Waals surface area contributed by atoms with Crippen LogP contribution >= 0.6 is 0 Å². The van der Waals surface area contributed by atoms with Crippen LogP contribution in [-0.2, 0) is 14.8 Å². The minimum atomic E-state index is -1.41. The van der Waals surface area contributed by atoms with Crippen molar-refractivity contribution in [2.45, 2.75) is 19.4 Å². The van der Waals surface area contributed by atoms with Crippen molar-refractivity contribution in [1.82, 2.24) is 0 Å². The molecule has 21 heavy (non-hydrogen) atoms. The highest BCUT2D eigenvalue weighted by molar-refractivity contribution is 6.01. The van der Waals surface area contributed by atoms with Crippen LogP contribution in [0.5, 0.6) is 5.75 Å². The van der Waals surface area contributed by atoms with Crippen LogP contribution in [-0.4, -0.2) is 34.8 Å². The summed E-state index contributed by atoms with van der Waals surface area (Å²) in [4.78, 5) is 20.6. The van der Waals surface area contributed by atoms with Crippen LogP contribution < -0.4 is 4.74 Å². The molecule has 0 heterocycles. The van der Waals surface area contributed by atoms with Gasteiger partial charge in [-0.25, -0.2) is 0 Å². The SMILES string of the molecule is CC(C)(O)C(=O)c1ccc(O/C=C/OOOCCO)cc1. The first-order valence-corrected chi connectivity index (χ1v) is 6.20. The molecule has 0 aromatic heterocycles. The van der Waals surface area contributed by atoms with Crippen molar-refractivity contribution in [1.29, 1.82) is 0 Å². The fourth-order valence-electron chi connectivity index (χ4n) is 1.29. The summed E-state index contributed by atoms with van der Waals surface area (Å²) >= 11 is 0. The van der Waals surface area contributed by atoms with E-state index in [-0.39, 0.29) is 19.0 Å². The molecule has 2 N–H and O–H groups in total. The van der Waals surface area contributed by atoms with E-state index >= 15 is 0 Å². The number of benzene rings is 1. The first-order valence-electron chi connectivity index (χ1n) is 6.20. The Hall–Kier alpha value is -1.93. The van der Waals surface area contributed by atoms with Crippen molar-refractivity contribution in [3.63, 3.8) is 0 Å².